The molecular formula is C92H63Ir2N11O-8. The summed E-state index contributed by atoms with van der Waals surface area (Å²) in [7, 11) is 0. The van der Waals surface area contributed by atoms with Crippen molar-refractivity contribution in [1.29, 1.82) is 0 Å². The minimum atomic E-state index is 0. The van der Waals surface area contributed by atoms with Gasteiger partial charge in [0.25, 0.3) is 0 Å². The summed E-state index contributed by atoms with van der Waals surface area (Å²) in [6.07, 6.45) is 3.63. The quantitative estimate of drug-likeness (QED) is 0.130. The topological polar surface area (TPSA) is 69.8 Å². The predicted molar refractivity (Wildman–Crippen MR) is 424 cm³/mol. The van der Waals surface area contributed by atoms with Crippen LogP contribution in [0.3, 0.4) is 0 Å². The number of para-hydroxylation sites is 12. The molecule has 0 amide bonds. The van der Waals surface area contributed by atoms with Gasteiger partial charge in [0.1, 0.15) is 22.8 Å². The first-order valence-electron chi connectivity index (χ1n) is 34.4. The molecule has 14 heteroatoms. The van der Waals surface area contributed by atoms with Crippen LogP contribution in [0.5, 0.6) is 0 Å². The molecule has 4 aliphatic heterocycles. The fourth-order valence-electron chi connectivity index (χ4n) is 13.9. The van der Waals surface area contributed by atoms with E-state index in [1.54, 1.807) is 0 Å². The summed E-state index contributed by atoms with van der Waals surface area (Å²) in [5.41, 5.74) is 20.5. The van der Waals surface area contributed by atoms with Crippen molar-refractivity contribution in [1.82, 2.24) is 14.5 Å². The zero-order chi connectivity index (χ0) is 69.1. The van der Waals surface area contributed by atoms with E-state index in [9.17, 15) is 0 Å². The van der Waals surface area contributed by atoms with Crippen molar-refractivity contribution < 1.29 is 44.6 Å². The van der Waals surface area contributed by atoms with Crippen molar-refractivity contribution in [2.75, 3.05) is 39.2 Å². The predicted octanol–water partition coefficient (Wildman–Crippen LogP) is 23.4. The van der Waals surface area contributed by atoms with Gasteiger partial charge in [0.05, 0.1) is 22.4 Å². The van der Waals surface area contributed by atoms with Crippen LogP contribution < -0.4 is 39.2 Å². The van der Waals surface area contributed by atoms with Crippen LogP contribution in [-0.4, -0.2) is 14.5 Å². The molecule has 8 heterocycles. The van der Waals surface area contributed by atoms with Crippen LogP contribution in [0.15, 0.2) is 363 Å². The number of furan rings is 1. The Morgan fingerprint density at radius 1 is 0.245 bits per heavy atom. The molecule has 4 aliphatic rings. The van der Waals surface area contributed by atoms with Gasteiger partial charge in [-0.05, 0) is 115 Å². The molecule has 4 aromatic heterocycles. The summed E-state index contributed by atoms with van der Waals surface area (Å²) < 4.78 is 8.49. The Hall–Kier alpha value is -12.5. The number of hydrogen-bond donors (Lipinski definition) is 0. The third-order valence-corrected chi connectivity index (χ3v) is 18.7. The third kappa shape index (κ3) is 13.1. The number of benzene rings is 13. The molecular weight excluding hydrogens is 1660 g/mol. The Balaban J connectivity index is 0.000000110. The molecule has 518 valence electrons. The maximum atomic E-state index is 6.13. The van der Waals surface area contributed by atoms with Crippen LogP contribution in [0.25, 0.3) is 49.4 Å². The second-order valence-electron chi connectivity index (χ2n) is 24.9. The molecule has 21 rings (SSSR count). The molecule has 12 nitrogen and oxygen atoms in total. The monoisotopic (exact) mass is 1720 g/mol. The SMILES string of the molecule is [Ir].[Ir].[c-]1ccccc1N1[CH-]N(c2ccc3c4ccccc4n(-c4ccccc4)c3c2)c2ccccc21.[c-]1ccccc1N1[CH-]N(c2ccccc2)c2cc3c(cc21)oc1ccccc13.[c-]1ccccc1N1[CH-]N(c2ccccc2)c2cccnc21.[c-]1ccccc1N1[CH-]N(c2ccccc2)c2cccnc21. The van der Waals surface area contributed by atoms with Crippen LogP contribution in [0.4, 0.5) is 91.3 Å². The Labute approximate surface area is 643 Å². The molecule has 0 bridgehead atoms. The third-order valence-electron chi connectivity index (χ3n) is 18.7. The van der Waals surface area contributed by atoms with Crippen LogP contribution in [0.1, 0.15) is 0 Å². The number of nitrogens with zero attached hydrogens (tertiary/aromatic N) is 11. The number of hydrogen-bond acceptors (Lipinski definition) is 11. The molecule has 106 heavy (non-hydrogen) atoms. The zero-order valence-electron chi connectivity index (χ0n) is 56.9. The van der Waals surface area contributed by atoms with Gasteiger partial charge in [-0.2, -0.15) is 121 Å². The minimum absolute atomic E-state index is 0. The molecule has 2 radical (unpaired) electrons. The first-order chi connectivity index (χ1) is 51.6. The van der Waals surface area contributed by atoms with Crippen molar-refractivity contribution in [3.8, 4) is 5.69 Å². The second-order valence-corrected chi connectivity index (χ2v) is 24.9. The molecule has 0 saturated heterocycles. The first-order valence-corrected chi connectivity index (χ1v) is 34.4. The molecule has 0 N–H and O–H groups in total. The molecule has 0 saturated carbocycles. The first kappa shape index (κ1) is 67.9. The summed E-state index contributed by atoms with van der Waals surface area (Å²) in [5, 5.41) is 4.78. The number of anilines is 16. The van der Waals surface area contributed by atoms with Gasteiger partial charge in [0.15, 0.2) is 0 Å². The molecule has 17 aromatic rings. The van der Waals surface area contributed by atoms with Gasteiger partial charge in [-0.15, -0.1) is 49.4 Å². The summed E-state index contributed by atoms with van der Waals surface area (Å²) in [6, 6.07) is 131. The van der Waals surface area contributed by atoms with Crippen molar-refractivity contribution in [3.63, 3.8) is 0 Å². The standard InChI is InChI=1S/C31H21N3.C25H16N2O.2C18H13N3.2Ir/c1-3-11-23(12-4-1)32-22-33(30-18-10-9-17-29(30)32)25-19-20-27-26-15-7-8-16-28(26)34(31(27)21-25)24-13-5-2-6-14-24;1-3-9-18(10-4-1)26-17-27(19-11-5-2-6-12-19)23-16-25-21(15-22(23)26)20-13-7-8-14-24(20)28-25;2*1-3-8-15(9-4-1)20-14-21(16-10-5-2-6-11-16)18-17(20)12-7-13-19-18;;/h1-11,13-22H;1-11,13-17H;2*1-10,12-14H;;/q4*-2;;. The Morgan fingerprint density at radius 2 is 0.623 bits per heavy atom. The summed E-state index contributed by atoms with van der Waals surface area (Å²) in [6.45, 7) is 8.39. The van der Waals surface area contributed by atoms with E-state index >= 15 is 0 Å². The van der Waals surface area contributed by atoms with Gasteiger partial charge < -0.3 is 48.2 Å². The van der Waals surface area contributed by atoms with Gasteiger partial charge >= 0.3 is 0 Å². The van der Waals surface area contributed by atoms with E-state index in [2.05, 4.69) is 305 Å². The molecule has 0 spiro atoms. The molecule has 0 atom stereocenters. The van der Waals surface area contributed by atoms with Gasteiger partial charge in [-0.25, -0.2) is 9.97 Å². The normalized spacial score (nSPS) is 13.0. The number of pyridine rings is 2. The van der Waals surface area contributed by atoms with E-state index in [1.165, 1.54) is 21.8 Å². The number of aromatic nitrogens is 3. The maximum Gasteiger partial charge on any atom is 0.137 e. The van der Waals surface area contributed by atoms with E-state index in [4.69, 9.17) is 4.42 Å². The van der Waals surface area contributed by atoms with Crippen molar-refractivity contribution in [2.24, 2.45) is 0 Å². The van der Waals surface area contributed by atoms with E-state index < -0.39 is 0 Å². The molecule has 13 aromatic carbocycles. The van der Waals surface area contributed by atoms with Crippen molar-refractivity contribution >= 4 is 135 Å². The maximum absolute atomic E-state index is 6.13. The fraction of sp³-hybridized carbons (Fsp3) is 0. The van der Waals surface area contributed by atoms with Gasteiger partial charge in [0.2, 0.25) is 0 Å². The molecule has 0 aliphatic carbocycles. The minimum Gasteiger partial charge on any atom is -0.493 e. The van der Waals surface area contributed by atoms with Gasteiger partial charge in [-0.3, -0.25) is 0 Å². The van der Waals surface area contributed by atoms with Crippen LogP contribution in [0.2, 0.25) is 0 Å². The van der Waals surface area contributed by atoms with E-state index in [1.807, 2.05) is 158 Å². The smallest absolute Gasteiger partial charge is 0.137 e. The second kappa shape index (κ2) is 30.4. The van der Waals surface area contributed by atoms with Crippen LogP contribution in [-0.2, 0) is 40.2 Å². The molecule has 0 fully saturated rings. The van der Waals surface area contributed by atoms with E-state index in [-0.39, 0.29) is 40.2 Å². The average molecular weight is 1720 g/mol. The number of fused-ring (bicyclic) bond motifs is 10. The molecule has 0 unspecified atom stereocenters. The fourth-order valence-corrected chi connectivity index (χ4v) is 13.9. The zero-order valence-corrected chi connectivity index (χ0v) is 61.7. The average Bonchev–Trinajstić information content (AvgIpc) is 1.60. The van der Waals surface area contributed by atoms with E-state index in [0.29, 0.717) is 0 Å². The van der Waals surface area contributed by atoms with Gasteiger partial charge in [-0.1, -0.05) is 127 Å². The summed E-state index contributed by atoms with van der Waals surface area (Å²) in [5.74, 6) is 1.84. The summed E-state index contributed by atoms with van der Waals surface area (Å²) in [4.78, 5) is 26.3. The van der Waals surface area contributed by atoms with Crippen LogP contribution in [0, 0.1) is 50.9 Å². The Kier molecular flexibility index (Phi) is 19.5. The van der Waals surface area contributed by atoms with E-state index in [0.717, 1.165) is 119 Å². The Bertz CT molecular complexity index is 5570. The van der Waals surface area contributed by atoms with Gasteiger partial charge in [0, 0.05) is 131 Å². The Morgan fingerprint density at radius 3 is 1.13 bits per heavy atom. The number of rotatable bonds is 9. The van der Waals surface area contributed by atoms with Crippen molar-refractivity contribution in [2.45, 2.75) is 0 Å². The summed E-state index contributed by atoms with van der Waals surface area (Å²) >= 11 is 0. The van der Waals surface area contributed by atoms with Crippen LogP contribution >= 0.6 is 0 Å². The largest absolute Gasteiger partial charge is 0.493 e. The van der Waals surface area contributed by atoms with Crippen molar-refractivity contribution in [3.05, 3.63) is 409 Å².